The van der Waals surface area contributed by atoms with E-state index in [1.165, 1.54) is 0 Å². The van der Waals surface area contributed by atoms with Gasteiger partial charge < -0.3 is 24.6 Å². The first-order valence-corrected chi connectivity index (χ1v) is 6.32. The fraction of sp³-hybridized carbons (Fsp3) is 1.00. The van der Waals surface area contributed by atoms with Gasteiger partial charge in [0.2, 0.25) is 0 Å². The van der Waals surface area contributed by atoms with Gasteiger partial charge in [0, 0.05) is 19.7 Å². The molecule has 0 fully saturated rings. The lowest BCUT2D eigenvalue weighted by Crippen LogP contribution is -2.32. The molecule has 1 unspecified atom stereocenters. The van der Waals surface area contributed by atoms with Gasteiger partial charge in [-0.15, -0.1) is 0 Å². The second-order valence-corrected chi connectivity index (χ2v) is 4.05. The summed E-state index contributed by atoms with van der Waals surface area (Å²) in [5, 5.41) is 12.6. The van der Waals surface area contributed by atoms with Gasteiger partial charge in [-0.05, 0) is 20.8 Å². The van der Waals surface area contributed by atoms with Crippen molar-refractivity contribution < 1.29 is 19.3 Å². The Kier molecular flexibility index (Phi) is 12.1. The number of aliphatic hydroxyl groups excluding tert-OH is 1. The van der Waals surface area contributed by atoms with E-state index >= 15 is 0 Å². The Morgan fingerprint density at radius 1 is 1.12 bits per heavy atom. The molecule has 2 N–H and O–H groups in total. The van der Waals surface area contributed by atoms with Crippen molar-refractivity contribution in [1.82, 2.24) is 5.32 Å². The Bertz CT molecular complexity index is 155. The molecule has 0 aliphatic rings. The standard InChI is InChI=1S/C12H27NO4/c1-4-15-6-5-13-9-12(14)10-16-7-8-17-11(2)3/h11-14H,4-10H2,1-3H3. The molecule has 0 aromatic heterocycles. The average molecular weight is 249 g/mol. The van der Waals surface area contributed by atoms with Gasteiger partial charge in [-0.3, -0.25) is 0 Å². The summed E-state index contributed by atoms with van der Waals surface area (Å²) in [5.41, 5.74) is 0. The lowest BCUT2D eigenvalue weighted by molar-refractivity contribution is -0.0102. The number of aliphatic hydroxyl groups is 1. The van der Waals surface area contributed by atoms with E-state index in [9.17, 15) is 5.11 Å². The van der Waals surface area contributed by atoms with Crippen LogP contribution in [0.4, 0.5) is 0 Å². The highest BCUT2D eigenvalue weighted by Gasteiger charge is 2.03. The highest BCUT2D eigenvalue weighted by Crippen LogP contribution is 1.89. The summed E-state index contributed by atoms with van der Waals surface area (Å²) in [5.74, 6) is 0. The fourth-order valence-corrected chi connectivity index (χ4v) is 1.18. The molecule has 0 bridgehead atoms. The van der Waals surface area contributed by atoms with Crippen LogP contribution in [0.25, 0.3) is 0 Å². The first kappa shape index (κ1) is 16.8. The van der Waals surface area contributed by atoms with Crippen molar-refractivity contribution >= 4 is 0 Å². The molecule has 0 saturated carbocycles. The quantitative estimate of drug-likeness (QED) is 0.491. The highest BCUT2D eigenvalue weighted by molar-refractivity contribution is 4.57. The molecule has 104 valence electrons. The minimum atomic E-state index is -0.476. The predicted octanol–water partition coefficient (Wildman–Crippen LogP) is 0.415. The third kappa shape index (κ3) is 13.7. The van der Waals surface area contributed by atoms with Crippen molar-refractivity contribution in [2.75, 3.05) is 46.1 Å². The number of nitrogens with one attached hydrogen (secondary N) is 1. The molecule has 17 heavy (non-hydrogen) atoms. The normalized spacial score (nSPS) is 13.2. The molecule has 0 amide bonds. The van der Waals surface area contributed by atoms with Gasteiger partial charge in [0.15, 0.2) is 0 Å². The molecule has 0 aliphatic heterocycles. The summed E-state index contributed by atoms with van der Waals surface area (Å²) in [6.07, 6.45) is -0.251. The lowest BCUT2D eigenvalue weighted by atomic mass is 10.4. The Labute approximate surface area is 104 Å². The summed E-state index contributed by atoms with van der Waals surface area (Å²) in [7, 11) is 0. The molecule has 0 rings (SSSR count). The minimum absolute atomic E-state index is 0.226. The van der Waals surface area contributed by atoms with Crippen molar-refractivity contribution in [2.45, 2.75) is 33.0 Å². The summed E-state index contributed by atoms with van der Waals surface area (Å²) in [4.78, 5) is 0. The lowest BCUT2D eigenvalue weighted by Gasteiger charge is -2.13. The minimum Gasteiger partial charge on any atom is -0.389 e. The van der Waals surface area contributed by atoms with Crippen molar-refractivity contribution in [3.8, 4) is 0 Å². The molecule has 0 aliphatic carbocycles. The smallest absolute Gasteiger partial charge is 0.0897 e. The molecule has 0 aromatic carbocycles. The number of ether oxygens (including phenoxy) is 3. The van der Waals surface area contributed by atoms with Crippen LogP contribution < -0.4 is 5.32 Å². The Morgan fingerprint density at radius 3 is 2.53 bits per heavy atom. The first-order valence-electron chi connectivity index (χ1n) is 6.32. The second kappa shape index (κ2) is 12.3. The second-order valence-electron chi connectivity index (χ2n) is 4.05. The molecule has 5 nitrogen and oxygen atoms in total. The van der Waals surface area contributed by atoms with Gasteiger partial charge in [-0.1, -0.05) is 0 Å². The van der Waals surface area contributed by atoms with E-state index in [1.54, 1.807) is 0 Å². The maximum Gasteiger partial charge on any atom is 0.0897 e. The molecule has 0 heterocycles. The van der Waals surface area contributed by atoms with E-state index < -0.39 is 6.10 Å². The molecule has 0 aromatic rings. The molecule has 0 radical (unpaired) electrons. The van der Waals surface area contributed by atoms with Crippen LogP contribution in [-0.2, 0) is 14.2 Å². The van der Waals surface area contributed by atoms with Crippen molar-refractivity contribution in [1.29, 1.82) is 0 Å². The van der Waals surface area contributed by atoms with Gasteiger partial charge in [0.05, 0.1) is 38.6 Å². The Morgan fingerprint density at radius 2 is 1.88 bits per heavy atom. The van der Waals surface area contributed by atoms with E-state index in [-0.39, 0.29) is 6.10 Å². The van der Waals surface area contributed by atoms with Crippen LogP contribution >= 0.6 is 0 Å². The number of hydrogen-bond donors (Lipinski definition) is 2. The monoisotopic (exact) mass is 249 g/mol. The van der Waals surface area contributed by atoms with Crippen LogP contribution in [0.3, 0.4) is 0 Å². The highest BCUT2D eigenvalue weighted by atomic mass is 16.5. The van der Waals surface area contributed by atoms with Crippen molar-refractivity contribution in [2.24, 2.45) is 0 Å². The SMILES string of the molecule is CCOCCNCC(O)COCCOC(C)C. The fourth-order valence-electron chi connectivity index (χ4n) is 1.18. The number of hydrogen-bond acceptors (Lipinski definition) is 5. The molecule has 0 saturated heterocycles. The van der Waals surface area contributed by atoms with Crippen LogP contribution in [0.1, 0.15) is 20.8 Å². The third-order valence-corrected chi connectivity index (χ3v) is 2.00. The summed E-state index contributed by atoms with van der Waals surface area (Å²) in [6, 6.07) is 0. The van der Waals surface area contributed by atoms with E-state index in [4.69, 9.17) is 14.2 Å². The largest absolute Gasteiger partial charge is 0.389 e. The number of rotatable bonds is 12. The topological polar surface area (TPSA) is 60.0 Å². The van der Waals surface area contributed by atoms with Crippen LogP contribution in [0.2, 0.25) is 0 Å². The molecular formula is C12H27NO4. The van der Waals surface area contributed by atoms with Crippen molar-refractivity contribution in [3.63, 3.8) is 0 Å². The predicted molar refractivity (Wildman–Crippen MR) is 67.3 cm³/mol. The van der Waals surface area contributed by atoms with Gasteiger partial charge in [-0.2, -0.15) is 0 Å². The van der Waals surface area contributed by atoms with E-state index in [0.717, 1.165) is 13.2 Å². The zero-order chi connectivity index (χ0) is 12.9. The Hall–Kier alpha value is -0.200. The van der Waals surface area contributed by atoms with Gasteiger partial charge in [0.25, 0.3) is 0 Å². The van der Waals surface area contributed by atoms with E-state index in [0.29, 0.717) is 33.0 Å². The molecular weight excluding hydrogens is 222 g/mol. The third-order valence-electron chi connectivity index (χ3n) is 2.00. The van der Waals surface area contributed by atoms with Crippen LogP contribution in [-0.4, -0.2) is 63.4 Å². The van der Waals surface area contributed by atoms with Crippen molar-refractivity contribution in [3.05, 3.63) is 0 Å². The molecule has 0 spiro atoms. The van der Waals surface area contributed by atoms with Crippen LogP contribution in [0.15, 0.2) is 0 Å². The van der Waals surface area contributed by atoms with Gasteiger partial charge in [-0.25, -0.2) is 0 Å². The summed E-state index contributed by atoms with van der Waals surface area (Å²) in [6.45, 7) is 10.0. The van der Waals surface area contributed by atoms with Crippen LogP contribution in [0, 0.1) is 0 Å². The van der Waals surface area contributed by atoms with Crippen LogP contribution in [0.5, 0.6) is 0 Å². The Balaban J connectivity index is 3.14. The average Bonchev–Trinajstić information content (AvgIpc) is 2.28. The van der Waals surface area contributed by atoms with Gasteiger partial charge in [0.1, 0.15) is 0 Å². The summed E-state index contributed by atoms with van der Waals surface area (Å²) >= 11 is 0. The maximum atomic E-state index is 9.55. The van der Waals surface area contributed by atoms with Gasteiger partial charge >= 0.3 is 0 Å². The zero-order valence-corrected chi connectivity index (χ0v) is 11.3. The molecule has 1 atom stereocenters. The first-order chi connectivity index (χ1) is 8.16. The summed E-state index contributed by atoms with van der Waals surface area (Å²) < 4.78 is 15.7. The van der Waals surface area contributed by atoms with E-state index in [1.807, 2.05) is 20.8 Å². The van der Waals surface area contributed by atoms with E-state index in [2.05, 4.69) is 5.32 Å². The molecule has 5 heteroatoms. The zero-order valence-electron chi connectivity index (χ0n) is 11.3. The maximum absolute atomic E-state index is 9.55.